The number of thiazole rings is 1. The van der Waals surface area contributed by atoms with Crippen molar-refractivity contribution in [2.24, 2.45) is 0 Å². The van der Waals surface area contributed by atoms with Crippen LogP contribution < -0.4 is 16.0 Å². The normalized spacial score (nSPS) is 10.8. The Morgan fingerprint density at radius 2 is 1.93 bits per heavy atom. The lowest BCUT2D eigenvalue weighted by atomic mass is 10.2. The van der Waals surface area contributed by atoms with Crippen LogP contribution in [0.5, 0.6) is 0 Å². The third kappa shape index (κ3) is 4.96. The molecule has 0 bridgehead atoms. The number of rotatable bonds is 6. The van der Waals surface area contributed by atoms with Gasteiger partial charge in [-0.2, -0.15) is 0 Å². The number of anilines is 4. The second-order valence-corrected chi connectivity index (χ2v) is 7.96. The zero-order valence-corrected chi connectivity index (χ0v) is 17.6. The first-order chi connectivity index (χ1) is 13.3. The van der Waals surface area contributed by atoms with Crippen molar-refractivity contribution < 1.29 is 4.79 Å². The van der Waals surface area contributed by atoms with Gasteiger partial charge in [0.1, 0.15) is 22.3 Å². The molecule has 0 saturated heterocycles. The van der Waals surface area contributed by atoms with E-state index in [2.05, 4.69) is 30.9 Å². The van der Waals surface area contributed by atoms with Crippen LogP contribution in [-0.4, -0.2) is 26.9 Å². The molecule has 3 rings (SSSR count). The molecule has 146 valence electrons. The Balaban J connectivity index is 1.74. The van der Waals surface area contributed by atoms with Gasteiger partial charge in [-0.1, -0.05) is 35.1 Å². The molecular weight excluding hydrogens is 396 g/mol. The first-order valence-corrected chi connectivity index (χ1v) is 9.93. The highest BCUT2D eigenvalue weighted by molar-refractivity contribution is 7.17. The molecule has 1 amide bonds. The zero-order valence-electron chi connectivity index (χ0n) is 16.0. The number of para-hydroxylation sites is 1. The fourth-order valence-corrected chi connectivity index (χ4v) is 3.50. The minimum atomic E-state index is -0.261. The number of aryl methyl sites for hydroxylation is 2. The maximum Gasteiger partial charge on any atom is 0.267 e. The molecule has 2 heterocycles. The molecule has 9 heteroatoms. The van der Waals surface area contributed by atoms with Gasteiger partial charge in [0.05, 0.1) is 16.9 Å². The molecule has 0 unspecified atom stereocenters. The lowest BCUT2D eigenvalue weighted by molar-refractivity contribution is 0.103. The lowest BCUT2D eigenvalue weighted by Gasteiger charge is -2.11. The van der Waals surface area contributed by atoms with Gasteiger partial charge in [-0.25, -0.2) is 15.0 Å². The number of nitrogens with zero attached hydrogens (tertiary/aromatic N) is 3. The van der Waals surface area contributed by atoms with Crippen LogP contribution in [0.1, 0.15) is 34.9 Å². The van der Waals surface area contributed by atoms with Gasteiger partial charge in [-0.15, -0.1) is 0 Å². The summed E-state index contributed by atoms with van der Waals surface area (Å²) in [6.45, 7) is 7.79. The summed E-state index contributed by atoms with van der Waals surface area (Å²) in [6.07, 6.45) is 1.52. The van der Waals surface area contributed by atoms with Gasteiger partial charge < -0.3 is 16.0 Å². The molecular formula is C19H21ClN6OS. The van der Waals surface area contributed by atoms with Crippen molar-refractivity contribution in [3.63, 3.8) is 0 Å². The smallest absolute Gasteiger partial charge is 0.267 e. The minimum absolute atomic E-state index is 0.255. The molecule has 28 heavy (non-hydrogen) atoms. The summed E-state index contributed by atoms with van der Waals surface area (Å²) in [4.78, 5) is 26.0. The van der Waals surface area contributed by atoms with E-state index in [4.69, 9.17) is 11.6 Å². The highest BCUT2D eigenvalue weighted by atomic mass is 35.5. The largest absolute Gasteiger partial charge is 0.368 e. The summed E-state index contributed by atoms with van der Waals surface area (Å²) in [5, 5.41) is 10.3. The fraction of sp³-hybridized carbons (Fsp3) is 0.263. The van der Waals surface area contributed by atoms with Crippen molar-refractivity contribution in [1.29, 1.82) is 0 Å². The van der Waals surface area contributed by atoms with Crippen LogP contribution in [0.15, 0.2) is 30.5 Å². The Morgan fingerprint density at radius 1 is 1.18 bits per heavy atom. The van der Waals surface area contributed by atoms with Crippen molar-refractivity contribution >= 4 is 51.3 Å². The Morgan fingerprint density at radius 3 is 2.64 bits per heavy atom. The number of nitrogens with one attached hydrogen (secondary N) is 3. The summed E-state index contributed by atoms with van der Waals surface area (Å²) in [6, 6.07) is 7.53. The van der Waals surface area contributed by atoms with Crippen LogP contribution in [0.4, 0.5) is 22.5 Å². The number of carbonyl (C=O) groups excluding carboxylic acids is 1. The summed E-state index contributed by atoms with van der Waals surface area (Å²) >= 11 is 7.41. The summed E-state index contributed by atoms with van der Waals surface area (Å²) in [5.41, 5.74) is 1.50. The summed E-state index contributed by atoms with van der Waals surface area (Å²) in [7, 11) is 0. The Kier molecular flexibility index (Phi) is 6.11. The highest BCUT2D eigenvalue weighted by Gasteiger charge is 2.14. The SMILES string of the molecule is Cc1nc(Nc2ncc(C(=O)Nc3c(C)cccc3Cl)s2)cc(NC(C)C)n1. The maximum absolute atomic E-state index is 12.6. The average Bonchev–Trinajstić information content (AvgIpc) is 3.05. The van der Waals surface area contributed by atoms with Gasteiger partial charge in [0.25, 0.3) is 5.91 Å². The van der Waals surface area contributed by atoms with Crippen LogP contribution in [0.2, 0.25) is 5.02 Å². The van der Waals surface area contributed by atoms with Crippen LogP contribution >= 0.6 is 22.9 Å². The Hall–Kier alpha value is -2.71. The zero-order chi connectivity index (χ0) is 20.3. The number of hydrogen-bond donors (Lipinski definition) is 3. The number of benzene rings is 1. The van der Waals surface area contributed by atoms with E-state index in [0.717, 1.165) is 11.4 Å². The van der Waals surface area contributed by atoms with E-state index in [1.54, 1.807) is 12.1 Å². The Bertz CT molecular complexity index is 984. The van der Waals surface area contributed by atoms with Gasteiger partial charge in [0.15, 0.2) is 5.13 Å². The monoisotopic (exact) mass is 416 g/mol. The molecule has 0 spiro atoms. The van der Waals surface area contributed by atoms with Gasteiger partial charge in [-0.05, 0) is 39.3 Å². The molecule has 2 aromatic heterocycles. The highest BCUT2D eigenvalue weighted by Crippen LogP contribution is 2.28. The molecule has 3 aromatic rings. The number of aromatic nitrogens is 3. The average molecular weight is 417 g/mol. The summed E-state index contributed by atoms with van der Waals surface area (Å²) in [5.74, 6) is 1.72. The maximum atomic E-state index is 12.6. The van der Waals surface area contributed by atoms with Gasteiger partial charge in [0.2, 0.25) is 0 Å². The summed E-state index contributed by atoms with van der Waals surface area (Å²) < 4.78 is 0. The predicted molar refractivity (Wildman–Crippen MR) is 115 cm³/mol. The lowest BCUT2D eigenvalue weighted by Crippen LogP contribution is -2.12. The molecule has 0 aliphatic heterocycles. The third-order valence-electron chi connectivity index (χ3n) is 3.70. The minimum Gasteiger partial charge on any atom is -0.368 e. The van der Waals surface area contributed by atoms with E-state index in [1.807, 2.05) is 39.8 Å². The van der Waals surface area contributed by atoms with Crippen molar-refractivity contribution in [3.05, 3.63) is 51.7 Å². The fourth-order valence-electron chi connectivity index (χ4n) is 2.51. The van der Waals surface area contributed by atoms with E-state index < -0.39 is 0 Å². The molecule has 0 aliphatic carbocycles. The van der Waals surface area contributed by atoms with Gasteiger partial charge in [-0.3, -0.25) is 4.79 Å². The molecule has 0 saturated carbocycles. The molecule has 1 aromatic carbocycles. The van der Waals surface area contributed by atoms with Crippen molar-refractivity contribution in [3.8, 4) is 0 Å². The Labute approximate surface area is 172 Å². The molecule has 3 N–H and O–H groups in total. The van der Waals surface area contributed by atoms with Crippen molar-refractivity contribution in [2.75, 3.05) is 16.0 Å². The van der Waals surface area contributed by atoms with Crippen LogP contribution in [-0.2, 0) is 0 Å². The first kappa shape index (κ1) is 20.0. The quantitative estimate of drug-likeness (QED) is 0.522. The predicted octanol–water partition coefficient (Wildman–Crippen LogP) is 5.02. The standard InChI is InChI=1S/C19H21ClN6OS/c1-10(2)22-15-8-16(24-12(4)23-15)25-19-21-9-14(28-19)18(27)26-17-11(3)6-5-7-13(17)20/h5-10H,1-4H3,(H,26,27)(H2,21,22,23,24,25). The van der Waals surface area contributed by atoms with Crippen molar-refractivity contribution in [1.82, 2.24) is 15.0 Å². The molecule has 7 nitrogen and oxygen atoms in total. The second-order valence-electron chi connectivity index (χ2n) is 6.53. The van der Waals surface area contributed by atoms with E-state index in [9.17, 15) is 4.79 Å². The van der Waals surface area contributed by atoms with Crippen molar-refractivity contribution in [2.45, 2.75) is 33.7 Å². The molecule has 0 aliphatic rings. The van der Waals surface area contributed by atoms with Crippen LogP contribution in [0, 0.1) is 13.8 Å². The third-order valence-corrected chi connectivity index (χ3v) is 4.93. The number of amides is 1. The van der Waals surface area contributed by atoms with Gasteiger partial charge >= 0.3 is 0 Å². The first-order valence-electron chi connectivity index (χ1n) is 8.73. The number of halogens is 1. The van der Waals surface area contributed by atoms with E-state index >= 15 is 0 Å². The number of carbonyl (C=O) groups is 1. The van der Waals surface area contributed by atoms with E-state index in [1.165, 1.54) is 17.5 Å². The molecule has 0 radical (unpaired) electrons. The molecule has 0 atom stereocenters. The van der Waals surface area contributed by atoms with Gasteiger partial charge in [0, 0.05) is 12.1 Å². The van der Waals surface area contributed by atoms with E-state index in [-0.39, 0.29) is 11.9 Å². The van der Waals surface area contributed by atoms with Crippen LogP contribution in [0.3, 0.4) is 0 Å². The number of hydrogen-bond acceptors (Lipinski definition) is 7. The second kappa shape index (κ2) is 8.53. The topological polar surface area (TPSA) is 91.8 Å². The molecule has 0 fully saturated rings. The van der Waals surface area contributed by atoms with Crippen LogP contribution in [0.25, 0.3) is 0 Å². The van der Waals surface area contributed by atoms with E-state index in [0.29, 0.717) is 32.4 Å².